The lowest BCUT2D eigenvalue weighted by Gasteiger charge is -1.93. The van der Waals surface area contributed by atoms with Crippen LogP contribution in [0, 0.1) is 0 Å². The maximum atomic E-state index is 11.5. The largest absolute Gasteiger partial charge is 0.460 e. The number of carbonyl (C=O) groups excluding carboxylic acids is 1. The molecule has 96 valence electrons. The van der Waals surface area contributed by atoms with Crippen LogP contribution in [0.4, 0.5) is 0 Å². The Morgan fingerprint density at radius 2 is 2.37 bits per heavy atom. The lowest BCUT2D eigenvalue weighted by atomic mass is 10.3. The van der Waals surface area contributed by atoms with E-state index in [1.807, 2.05) is 0 Å². The van der Waals surface area contributed by atoms with Crippen LogP contribution in [0.25, 0.3) is 17.0 Å². The predicted molar refractivity (Wildman–Crippen MR) is 62.2 cm³/mol. The van der Waals surface area contributed by atoms with Crippen molar-refractivity contribution in [2.45, 2.75) is 6.92 Å². The molecular formula is C11H9N5O3. The molecule has 0 fully saturated rings. The molecule has 0 atom stereocenters. The van der Waals surface area contributed by atoms with E-state index < -0.39 is 5.97 Å². The number of rotatable bonds is 3. The smallest absolute Gasteiger partial charge is 0.379 e. The van der Waals surface area contributed by atoms with E-state index in [2.05, 4.69) is 20.2 Å². The molecule has 0 aliphatic rings. The third-order valence-electron chi connectivity index (χ3n) is 2.44. The Bertz CT molecular complexity index is 733. The molecule has 0 saturated carbocycles. The summed E-state index contributed by atoms with van der Waals surface area (Å²) in [4.78, 5) is 19.4. The van der Waals surface area contributed by atoms with Gasteiger partial charge in [0.1, 0.15) is 0 Å². The second-order valence-corrected chi connectivity index (χ2v) is 3.61. The molecule has 19 heavy (non-hydrogen) atoms. The first kappa shape index (κ1) is 11.3. The minimum atomic E-state index is -0.618. The molecule has 3 aromatic heterocycles. The second-order valence-electron chi connectivity index (χ2n) is 3.61. The fraction of sp³-hybridized carbons (Fsp3) is 0.182. The van der Waals surface area contributed by atoms with Gasteiger partial charge < -0.3 is 9.26 Å². The van der Waals surface area contributed by atoms with Gasteiger partial charge >= 0.3 is 5.97 Å². The van der Waals surface area contributed by atoms with Crippen molar-refractivity contribution in [1.82, 2.24) is 24.7 Å². The van der Waals surface area contributed by atoms with E-state index in [0.29, 0.717) is 11.1 Å². The number of hydrogen-bond donors (Lipinski definition) is 0. The highest BCUT2D eigenvalue weighted by molar-refractivity contribution is 5.86. The van der Waals surface area contributed by atoms with Gasteiger partial charge in [-0.25, -0.2) is 9.31 Å². The van der Waals surface area contributed by atoms with Gasteiger partial charge in [0.25, 0.3) is 11.7 Å². The quantitative estimate of drug-likeness (QED) is 0.646. The molecule has 0 aromatic carbocycles. The third-order valence-corrected chi connectivity index (χ3v) is 2.44. The van der Waals surface area contributed by atoms with Crippen LogP contribution in [0.15, 0.2) is 29.3 Å². The monoisotopic (exact) mass is 259 g/mol. The molecule has 3 rings (SSSR count). The number of aromatic nitrogens is 5. The molecule has 0 saturated heterocycles. The average Bonchev–Trinajstić information content (AvgIpc) is 3.05. The van der Waals surface area contributed by atoms with Gasteiger partial charge in [-0.3, -0.25) is 4.98 Å². The molecule has 3 heterocycles. The molecular weight excluding hydrogens is 250 g/mol. The van der Waals surface area contributed by atoms with E-state index >= 15 is 0 Å². The predicted octanol–water partition coefficient (Wildman–Crippen LogP) is 0.956. The first-order valence-corrected chi connectivity index (χ1v) is 5.58. The van der Waals surface area contributed by atoms with Crippen molar-refractivity contribution >= 4 is 11.5 Å². The van der Waals surface area contributed by atoms with Gasteiger partial charge in [-0.05, 0) is 12.1 Å². The van der Waals surface area contributed by atoms with Crippen LogP contribution in [0.5, 0.6) is 0 Å². The van der Waals surface area contributed by atoms with Crippen molar-refractivity contribution in [3.63, 3.8) is 0 Å². The average molecular weight is 259 g/mol. The summed E-state index contributed by atoms with van der Waals surface area (Å²) in [5, 5.41) is 7.70. The van der Waals surface area contributed by atoms with Crippen LogP contribution in [0.2, 0.25) is 0 Å². The molecule has 0 radical (unpaired) electrons. The summed E-state index contributed by atoms with van der Waals surface area (Å²) in [6, 6.07) is 0. The van der Waals surface area contributed by atoms with Crippen LogP contribution < -0.4 is 0 Å². The maximum absolute atomic E-state index is 11.5. The Kier molecular flexibility index (Phi) is 2.67. The Morgan fingerprint density at radius 1 is 1.47 bits per heavy atom. The molecule has 0 amide bonds. The van der Waals surface area contributed by atoms with Crippen molar-refractivity contribution in [3.05, 3.63) is 30.6 Å². The molecule has 0 aliphatic heterocycles. The van der Waals surface area contributed by atoms with Gasteiger partial charge in [0, 0.05) is 12.4 Å². The molecule has 0 unspecified atom stereocenters. The lowest BCUT2D eigenvalue weighted by molar-refractivity contribution is 0.0508. The fourth-order valence-electron chi connectivity index (χ4n) is 1.61. The number of hydrogen-bond acceptors (Lipinski definition) is 7. The normalized spacial score (nSPS) is 10.8. The number of fused-ring (bicyclic) bond motifs is 1. The zero-order valence-electron chi connectivity index (χ0n) is 9.98. The summed E-state index contributed by atoms with van der Waals surface area (Å²) in [7, 11) is 0. The molecule has 8 nitrogen and oxygen atoms in total. The molecule has 0 aliphatic carbocycles. The number of ether oxygens (including phenoxy) is 1. The first-order chi connectivity index (χ1) is 9.29. The van der Waals surface area contributed by atoms with Crippen LogP contribution in [0.1, 0.15) is 17.5 Å². The summed E-state index contributed by atoms with van der Waals surface area (Å²) in [5.41, 5.74) is 1.32. The van der Waals surface area contributed by atoms with Gasteiger partial charge in [-0.2, -0.15) is 10.1 Å². The first-order valence-electron chi connectivity index (χ1n) is 5.58. The van der Waals surface area contributed by atoms with Crippen LogP contribution in [-0.4, -0.2) is 37.3 Å². The number of carbonyl (C=O) groups is 1. The van der Waals surface area contributed by atoms with Gasteiger partial charge in [-0.1, -0.05) is 0 Å². The summed E-state index contributed by atoms with van der Waals surface area (Å²) >= 11 is 0. The molecule has 0 spiro atoms. The summed E-state index contributed by atoms with van der Waals surface area (Å²) in [5.74, 6) is -0.529. The fourth-order valence-corrected chi connectivity index (χ4v) is 1.61. The summed E-state index contributed by atoms with van der Waals surface area (Å²) in [6.45, 7) is 1.96. The van der Waals surface area contributed by atoms with E-state index in [1.165, 1.54) is 0 Å². The highest BCUT2D eigenvalue weighted by Crippen LogP contribution is 2.21. The highest BCUT2D eigenvalue weighted by atomic mass is 16.5. The van der Waals surface area contributed by atoms with E-state index in [4.69, 9.17) is 9.26 Å². The topological polar surface area (TPSA) is 95.4 Å². The van der Waals surface area contributed by atoms with Crippen molar-refractivity contribution in [1.29, 1.82) is 0 Å². The van der Waals surface area contributed by atoms with Crippen molar-refractivity contribution in [2.75, 3.05) is 6.61 Å². The van der Waals surface area contributed by atoms with Crippen molar-refractivity contribution in [3.8, 4) is 11.5 Å². The van der Waals surface area contributed by atoms with Gasteiger partial charge in [0.2, 0.25) is 0 Å². The zero-order chi connectivity index (χ0) is 13.2. The van der Waals surface area contributed by atoms with Gasteiger partial charge in [0.05, 0.1) is 30.1 Å². The minimum Gasteiger partial charge on any atom is -0.460 e. The summed E-state index contributed by atoms with van der Waals surface area (Å²) < 4.78 is 11.5. The van der Waals surface area contributed by atoms with E-state index in [-0.39, 0.29) is 18.3 Å². The number of esters is 1. The number of nitrogens with zero attached hydrogens (tertiary/aromatic N) is 5. The SMILES string of the molecule is CCOC(=O)c1noc(-c2cnn3ccncc23)n1. The van der Waals surface area contributed by atoms with Gasteiger partial charge in [0.15, 0.2) is 0 Å². The Hall–Kier alpha value is -2.77. The molecule has 0 N–H and O–H groups in total. The maximum Gasteiger partial charge on any atom is 0.379 e. The van der Waals surface area contributed by atoms with E-state index in [9.17, 15) is 4.79 Å². The molecule has 0 bridgehead atoms. The lowest BCUT2D eigenvalue weighted by Crippen LogP contribution is -2.06. The highest BCUT2D eigenvalue weighted by Gasteiger charge is 2.19. The Balaban J connectivity index is 2.01. The van der Waals surface area contributed by atoms with Crippen molar-refractivity contribution in [2.24, 2.45) is 0 Å². The van der Waals surface area contributed by atoms with Crippen molar-refractivity contribution < 1.29 is 14.1 Å². The Labute approximate surface area is 107 Å². The minimum absolute atomic E-state index is 0.111. The second kappa shape index (κ2) is 4.48. The molecule has 3 aromatic rings. The van der Waals surface area contributed by atoms with Crippen LogP contribution in [-0.2, 0) is 4.74 Å². The van der Waals surface area contributed by atoms with Crippen LogP contribution in [0.3, 0.4) is 0 Å². The Morgan fingerprint density at radius 3 is 3.21 bits per heavy atom. The van der Waals surface area contributed by atoms with Crippen LogP contribution >= 0.6 is 0 Å². The van der Waals surface area contributed by atoms with E-state index in [1.54, 1.807) is 36.2 Å². The van der Waals surface area contributed by atoms with E-state index in [0.717, 1.165) is 0 Å². The standard InChI is InChI=1S/C11H9N5O3/c1-2-18-11(17)9-14-10(19-15-9)7-5-13-16-4-3-12-6-8(7)16/h3-6H,2H2,1H3. The third kappa shape index (κ3) is 1.92. The summed E-state index contributed by atoms with van der Waals surface area (Å²) in [6.07, 6.45) is 6.50. The zero-order valence-corrected chi connectivity index (χ0v) is 9.98. The molecule has 8 heteroatoms. The van der Waals surface area contributed by atoms with Gasteiger partial charge in [-0.15, -0.1) is 0 Å².